The lowest BCUT2D eigenvalue weighted by Crippen LogP contribution is -1.99. The van der Waals surface area contributed by atoms with E-state index in [2.05, 4.69) is 4.98 Å². The van der Waals surface area contributed by atoms with Crippen LogP contribution in [0.2, 0.25) is 0 Å². The highest BCUT2D eigenvalue weighted by Crippen LogP contribution is 2.14. The Labute approximate surface area is 98.1 Å². The number of rotatable bonds is 3. The van der Waals surface area contributed by atoms with E-state index in [9.17, 15) is 8.78 Å². The van der Waals surface area contributed by atoms with Gasteiger partial charge in [0, 0.05) is 6.20 Å². The fraction of sp³-hybridized carbons (Fsp3) is 0.154. The number of aryl methyl sites for hydroxylation is 2. The first-order chi connectivity index (χ1) is 8.16. The third kappa shape index (κ3) is 2.78. The number of hydrogen-bond donors (Lipinski definition) is 1. The molecule has 0 radical (unpaired) electrons. The molecule has 1 aromatic carbocycles. The average Bonchev–Trinajstić information content (AvgIpc) is 2.32. The number of anilines is 1. The zero-order valence-corrected chi connectivity index (χ0v) is 9.16. The summed E-state index contributed by atoms with van der Waals surface area (Å²) in [4.78, 5) is 3.97. The van der Waals surface area contributed by atoms with E-state index in [1.807, 2.05) is 6.07 Å². The first-order valence-electron chi connectivity index (χ1n) is 5.30. The number of aromatic nitrogens is 1. The average molecular weight is 234 g/mol. The van der Waals surface area contributed by atoms with Gasteiger partial charge in [0.05, 0.1) is 0 Å². The van der Waals surface area contributed by atoms with Crippen molar-refractivity contribution < 1.29 is 8.78 Å². The molecule has 0 amide bonds. The molecule has 0 aliphatic rings. The molecule has 0 saturated carbocycles. The molecule has 0 spiro atoms. The summed E-state index contributed by atoms with van der Waals surface area (Å²) in [6.45, 7) is 0. The first-order valence-corrected chi connectivity index (χ1v) is 5.30. The van der Waals surface area contributed by atoms with Gasteiger partial charge in [-0.3, -0.25) is 0 Å². The van der Waals surface area contributed by atoms with E-state index in [1.165, 1.54) is 6.07 Å². The Hall–Kier alpha value is -1.97. The second-order valence-electron chi connectivity index (χ2n) is 3.80. The van der Waals surface area contributed by atoms with Crippen LogP contribution < -0.4 is 5.73 Å². The zero-order chi connectivity index (χ0) is 12.3. The molecule has 0 fully saturated rings. The lowest BCUT2D eigenvalue weighted by atomic mass is 10.0. The van der Waals surface area contributed by atoms with Crippen LogP contribution in [0, 0.1) is 11.6 Å². The Balaban J connectivity index is 2.08. The van der Waals surface area contributed by atoms with E-state index in [-0.39, 0.29) is 0 Å². The van der Waals surface area contributed by atoms with Crippen molar-refractivity contribution in [2.75, 3.05) is 5.73 Å². The number of pyridine rings is 1. The van der Waals surface area contributed by atoms with Gasteiger partial charge in [0.25, 0.3) is 0 Å². The molecule has 0 unspecified atom stereocenters. The van der Waals surface area contributed by atoms with Gasteiger partial charge in [-0.15, -0.1) is 0 Å². The van der Waals surface area contributed by atoms with Crippen molar-refractivity contribution in [2.45, 2.75) is 12.8 Å². The normalized spacial score (nSPS) is 10.5. The molecule has 2 rings (SSSR count). The van der Waals surface area contributed by atoms with Gasteiger partial charge in [-0.1, -0.05) is 12.1 Å². The Morgan fingerprint density at radius 2 is 1.88 bits per heavy atom. The molecule has 4 heteroatoms. The van der Waals surface area contributed by atoms with Gasteiger partial charge in [-0.05, 0) is 42.2 Å². The van der Waals surface area contributed by atoms with Gasteiger partial charge < -0.3 is 5.73 Å². The van der Waals surface area contributed by atoms with Crippen molar-refractivity contribution in [3.05, 3.63) is 59.3 Å². The van der Waals surface area contributed by atoms with Gasteiger partial charge in [-0.25, -0.2) is 13.8 Å². The number of nitrogen functional groups attached to an aromatic ring is 1. The van der Waals surface area contributed by atoms with Crippen molar-refractivity contribution in [2.24, 2.45) is 0 Å². The SMILES string of the molecule is Nc1ncccc1CCc1ccc(F)c(F)c1. The maximum atomic E-state index is 13.0. The molecule has 88 valence electrons. The molecular weight excluding hydrogens is 222 g/mol. The summed E-state index contributed by atoms with van der Waals surface area (Å²) < 4.78 is 25.7. The molecule has 2 N–H and O–H groups in total. The first kappa shape index (κ1) is 11.5. The summed E-state index contributed by atoms with van der Waals surface area (Å²) in [5, 5.41) is 0. The molecular formula is C13H12F2N2. The molecule has 0 aliphatic carbocycles. The summed E-state index contributed by atoms with van der Waals surface area (Å²) in [5.41, 5.74) is 7.35. The number of halogens is 2. The molecule has 17 heavy (non-hydrogen) atoms. The molecule has 1 heterocycles. The Morgan fingerprint density at radius 3 is 2.59 bits per heavy atom. The minimum absolute atomic E-state index is 0.482. The van der Waals surface area contributed by atoms with E-state index in [1.54, 1.807) is 18.3 Å². The third-order valence-corrected chi connectivity index (χ3v) is 2.59. The van der Waals surface area contributed by atoms with Crippen LogP contribution in [-0.4, -0.2) is 4.98 Å². The molecule has 0 atom stereocenters. The number of nitrogens with two attached hydrogens (primary N) is 1. The van der Waals surface area contributed by atoms with Crippen LogP contribution in [0.25, 0.3) is 0 Å². The summed E-state index contributed by atoms with van der Waals surface area (Å²) >= 11 is 0. The summed E-state index contributed by atoms with van der Waals surface area (Å²) in [6, 6.07) is 7.60. The van der Waals surface area contributed by atoms with Crippen molar-refractivity contribution >= 4 is 5.82 Å². The minimum atomic E-state index is -0.824. The van der Waals surface area contributed by atoms with Crippen molar-refractivity contribution in [3.63, 3.8) is 0 Å². The van der Waals surface area contributed by atoms with E-state index in [0.717, 1.165) is 17.2 Å². The second kappa shape index (κ2) is 4.91. The topological polar surface area (TPSA) is 38.9 Å². The Morgan fingerprint density at radius 1 is 1.06 bits per heavy atom. The van der Waals surface area contributed by atoms with E-state index in [0.29, 0.717) is 18.7 Å². The standard InChI is InChI=1S/C13H12F2N2/c14-11-6-4-9(8-12(11)15)3-5-10-2-1-7-17-13(10)16/h1-2,4,6-8H,3,5H2,(H2,16,17). The molecule has 2 aromatic rings. The van der Waals surface area contributed by atoms with Crippen LogP contribution in [0.15, 0.2) is 36.5 Å². The summed E-state index contributed by atoms with van der Waals surface area (Å²) in [5.74, 6) is -1.16. The predicted octanol–water partition coefficient (Wildman–Crippen LogP) is 2.73. The smallest absolute Gasteiger partial charge is 0.159 e. The van der Waals surface area contributed by atoms with Gasteiger partial charge >= 0.3 is 0 Å². The highest BCUT2D eigenvalue weighted by molar-refractivity contribution is 5.39. The summed E-state index contributed by atoms with van der Waals surface area (Å²) in [6.07, 6.45) is 2.88. The van der Waals surface area contributed by atoms with E-state index >= 15 is 0 Å². The molecule has 1 aromatic heterocycles. The second-order valence-corrected chi connectivity index (χ2v) is 3.80. The number of benzene rings is 1. The van der Waals surface area contributed by atoms with Crippen molar-refractivity contribution in [3.8, 4) is 0 Å². The highest BCUT2D eigenvalue weighted by Gasteiger charge is 2.04. The molecule has 2 nitrogen and oxygen atoms in total. The van der Waals surface area contributed by atoms with E-state index < -0.39 is 11.6 Å². The van der Waals surface area contributed by atoms with Crippen LogP contribution in [0.5, 0.6) is 0 Å². The maximum absolute atomic E-state index is 13.0. The fourth-order valence-corrected chi connectivity index (χ4v) is 1.64. The highest BCUT2D eigenvalue weighted by atomic mass is 19.2. The predicted molar refractivity (Wildman–Crippen MR) is 62.4 cm³/mol. The number of nitrogens with zero attached hydrogens (tertiary/aromatic N) is 1. The molecule has 0 bridgehead atoms. The van der Waals surface area contributed by atoms with Crippen LogP contribution in [0.3, 0.4) is 0 Å². The summed E-state index contributed by atoms with van der Waals surface area (Å²) in [7, 11) is 0. The van der Waals surface area contributed by atoms with Crippen LogP contribution in [0.1, 0.15) is 11.1 Å². The van der Waals surface area contributed by atoms with Crippen LogP contribution in [0.4, 0.5) is 14.6 Å². The van der Waals surface area contributed by atoms with Gasteiger partial charge in [0.2, 0.25) is 0 Å². The quantitative estimate of drug-likeness (QED) is 0.886. The zero-order valence-electron chi connectivity index (χ0n) is 9.16. The lowest BCUT2D eigenvalue weighted by Gasteiger charge is -2.04. The number of hydrogen-bond acceptors (Lipinski definition) is 2. The lowest BCUT2D eigenvalue weighted by molar-refractivity contribution is 0.507. The van der Waals surface area contributed by atoms with E-state index in [4.69, 9.17) is 5.73 Å². The fourth-order valence-electron chi connectivity index (χ4n) is 1.64. The van der Waals surface area contributed by atoms with Crippen LogP contribution in [-0.2, 0) is 12.8 Å². The molecule has 0 saturated heterocycles. The maximum Gasteiger partial charge on any atom is 0.159 e. The Kier molecular flexibility index (Phi) is 3.32. The van der Waals surface area contributed by atoms with Crippen molar-refractivity contribution in [1.29, 1.82) is 0 Å². The van der Waals surface area contributed by atoms with Crippen molar-refractivity contribution in [1.82, 2.24) is 4.98 Å². The van der Waals surface area contributed by atoms with Gasteiger partial charge in [-0.2, -0.15) is 0 Å². The molecule has 0 aliphatic heterocycles. The third-order valence-electron chi connectivity index (χ3n) is 2.59. The van der Waals surface area contributed by atoms with Gasteiger partial charge in [0.15, 0.2) is 11.6 Å². The largest absolute Gasteiger partial charge is 0.383 e. The monoisotopic (exact) mass is 234 g/mol. The van der Waals surface area contributed by atoms with Gasteiger partial charge in [0.1, 0.15) is 5.82 Å². The van der Waals surface area contributed by atoms with Crippen LogP contribution >= 0.6 is 0 Å². The minimum Gasteiger partial charge on any atom is -0.383 e. The Bertz CT molecular complexity index is 527.